The summed E-state index contributed by atoms with van der Waals surface area (Å²) in [6, 6.07) is 11.4. The summed E-state index contributed by atoms with van der Waals surface area (Å²) in [6.07, 6.45) is 2.64. The maximum atomic E-state index is 3.44. The monoisotopic (exact) mass is 232 g/mol. The minimum Gasteiger partial charge on any atom is -0.317 e. The van der Waals surface area contributed by atoms with E-state index in [1.54, 1.807) is 0 Å². The first kappa shape index (κ1) is 12.6. The molecule has 1 unspecified atom stereocenters. The summed E-state index contributed by atoms with van der Waals surface area (Å²) < 4.78 is 0. The van der Waals surface area contributed by atoms with E-state index in [2.05, 4.69) is 54.5 Å². The maximum Gasteiger partial charge on any atom is 0.0233 e. The molecule has 1 fully saturated rings. The summed E-state index contributed by atoms with van der Waals surface area (Å²) in [5, 5.41) is 3.44. The Hall–Kier alpha value is -0.860. The van der Waals surface area contributed by atoms with Gasteiger partial charge in [0.1, 0.15) is 0 Å². The van der Waals surface area contributed by atoms with E-state index >= 15 is 0 Å². The van der Waals surface area contributed by atoms with Gasteiger partial charge in [-0.3, -0.25) is 4.90 Å². The molecule has 94 valence electrons. The van der Waals surface area contributed by atoms with E-state index in [1.807, 2.05) is 0 Å². The summed E-state index contributed by atoms with van der Waals surface area (Å²) in [6.45, 7) is 5.81. The summed E-state index contributed by atoms with van der Waals surface area (Å²) in [4.78, 5) is 2.49. The lowest BCUT2D eigenvalue weighted by atomic mass is 9.90. The van der Waals surface area contributed by atoms with Gasteiger partial charge in [-0.05, 0) is 51.4 Å². The predicted molar refractivity (Wildman–Crippen MR) is 73.0 cm³/mol. The molecule has 1 aromatic rings. The van der Waals surface area contributed by atoms with Crippen LogP contribution in [0.1, 0.15) is 25.3 Å². The highest BCUT2D eigenvalue weighted by Crippen LogP contribution is 2.21. The smallest absolute Gasteiger partial charge is 0.0233 e. The molecule has 0 saturated carbocycles. The molecular weight excluding hydrogens is 208 g/mol. The number of rotatable bonds is 4. The zero-order valence-corrected chi connectivity index (χ0v) is 11.0. The van der Waals surface area contributed by atoms with Crippen molar-refractivity contribution in [3.8, 4) is 0 Å². The molecule has 1 aliphatic rings. The number of hydrogen-bond acceptors (Lipinski definition) is 2. The number of benzene rings is 1. The van der Waals surface area contributed by atoms with Crippen LogP contribution >= 0.6 is 0 Å². The molecule has 2 nitrogen and oxygen atoms in total. The Bertz CT molecular complexity index is 317. The Morgan fingerprint density at radius 3 is 2.53 bits per heavy atom. The fourth-order valence-corrected chi connectivity index (χ4v) is 2.70. The molecule has 0 aliphatic carbocycles. The highest BCUT2D eigenvalue weighted by Gasteiger charge is 2.22. The molecule has 1 heterocycles. The quantitative estimate of drug-likeness (QED) is 0.858. The van der Waals surface area contributed by atoms with Gasteiger partial charge in [0.2, 0.25) is 0 Å². The molecule has 1 saturated heterocycles. The SMILES string of the molecule is CC(C1CCNCC1)N(C)Cc1ccccc1. The predicted octanol–water partition coefficient (Wildman–Crippen LogP) is 2.51. The van der Waals surface area contributed by atoms with Crippen LogP contribution in [0.5, 0.6) is 0 Å². The topological polar surface area (TPSA) is 15.3 Å². The van der Waals surface area contributed by atoms with Crippen LogP contribution in [0.2, 0.25) is 0 Å². The Balaban J connectivity index is 1.88. The van der Waals surface area contributed by atoms with Gasteiger partial charge in [-0.1, -0.05) is 30.3 Å². The molecule has 1 N–H and O–H groups in total. The first-order chi connectivity index (χ1) is 8.27. The second-order valence-corrected chi connectivity index (χ2v) is 5.23. The van der Waals surface area contributed by atoms with Crippen LogP contribution in [0.4, 0.5) is 0 Å². The lowest BCUT2D eigenvalue weighted by Gasteiger charge is -2.34. The number of nitrogens with one attached hydrogen (secondary N) is 1. The summed E-state index contributed by atoms with van der Waals surface area (Å²) in [5.74, 6) is 0.852. The molecule has 1 aromatic carbocycles. The van der Waals surface area contributed by atoms with Crippen molar-refractivity contribution >= 4 is 0 Å². The molecule has 17 heavy (non-hydrogen) atoms. The molecule has 0 radical (unpaired) electrons. The lowest BCUT2D eigenvalue weighted by molar-refractivity contribution is 0.156. The maximum absolute atomic E-state index is 3.44. The second-order valence-electron chi connectivity index (χ2n) is 5.23. The van der Waals surface area contributed by atoms with E-state index in [0.29, 0.717) is 6.04 Å². The third-order valence-corrected chi connectivity index (χ3v) is 4.04. The third kappa shape index (κ3) is 3.55. The van der Waals surface area contributed by atoms with Crippen molar-refractivity contribution in [3.05, 3.63) is 35.9 Å². The number of nitrogens with zero attached hydrogens (tertiary/aromatic N) is 1. The summed E-state index contributed by atoms with van der Waals surface area (Å²) in [5.41, 5.74) is 1.41. The summed E-state index contributed by atoms with van der Waals surface area (Å²) >= 11 is 0. The van der Waals surface area contributed by atoms with Crippen molar-refractivity contribution in [2.45, 2.75) is 32.4 Å². The fourth-order valence-electron chi connectivity index (χ4n) is 2.70. The largest absolute Gasteiger partial charge is 0.317 e. The minimum absolute atomic E-state index is 0.678. The van der Waals surface area contributed by atoms with Crippen LogP contribution in [0.15, 0.2) is 30.3 Å². The van der Waals surface area contributed by atoms with Crippen molar-refractivity contribution in [2.24, 2.45) is 5.92 Å². The number of hydrogen-bond donors (Lipinski definition) is 1. The van der Waals surface area contributed by atoms with Gasteiger partial charge in [0.25, 0.3) is 0 Å². The zero-order valence-electron chi connectivity index (χ0n) is 11.0. The van der Waals surface area contributed by atoms with E-state index in [1.165, 1.54) is 31.5 Å². The van der Waals surface area contributed by atoms with Gasteiger partial charge in [-0.15, -0.1) is 0 Å². The van der Waals surface area contributed by atoms with Crippen molar-refractivity contribution in [1.82, 2.24) is 10.2 Å². The van der Waals surface area contributed by atoms with Crippen molar-refractivity contribution < 1.29 is 0 Å². The van der Waals surface area contributed by atoms with Gasteiger partial charge < -0.3 is 5.32 Å². The average Bonchev–Trinajstić information content (AvgIpc) is 2.40. The van der Waals surface area contributed by atoms with E-state index in [0.717, 1.165) is 12.5 Å². The van der Waals surface area contributed by atoms with Gasteiger partial charge in [-0.2, -0.15) is 0 Å². The van der Waals surface area contributed by atoms with Crippen LogP contribution < -0.4 is 5.32 Å². The van der Waals surface area contributed by atoms with E-state index in [-0.39, 0.29) is 0 Å². The van der Waals surface area contributed by atoms with Crippen LogP contribution in [-0.2, 0) is 6.54 Å². The summed E-state index contributed by atoms with van der Waals surface area (Å²) in [7, 11) is 2.25. The average molecular weight is 232 g/mol. The Morgan fingerprint density at radius 1 is 1.24 bits per heavy atom. The molecule has 2 rings (SSSR count). The van der Waals surface area contributed by atoms with Gasteiger partial charge in [-0.25, -0.2) is 0 Å². The van der Waals surface area contributed by atoms with Gasteiger partial charge in [0, 0.05) is 12.6 Å². The highest BCUT2D eigenvalue weighted by atomic mass is 15.1. The Morgan fingerprint density at radius 2 is 1.88 bits per heavy atom. The van der Waals surface area contributed by atoms with Crippen LogP contribution in [-0.4, -0.2) is 31.1 Å². The van der Waals surface area contributed by atoms with Gasteiger partial charge in [0.15, 0.2) is 0 Å². The van der Waals surface area contributed by atoms with Crippen molar-refractivity contribution in [3.63, 3.8) is 0 Å². The Labute approximate surface area is 105 Å². The minimum atomic E-state index is 0.678. The zero-order chi connectivity index (χ0) is 12.1. The standard InChI is InChI=1S/C15H24N2/c1-13(15-8-10-16-11-9-15)17(2)12-14-6-4-3-5-7-14/h3-7,13,15-16H,8-12H2,1-2H3. The fraction of sp³-hybridized carbons (Fsp3) is 0.600. The molecule has 0 amide bonds. The first-order valence-corrected chi connectivity index (χ1v) is 6.72. The highest BCUT2D eigenvalue weighted by molar-refractivity contribution is 5.14. The molecule has 0 bridgehead atoms. The van der Waals surface area contributed by atoms with E-state index in [9.17, 15) is 0 Å². The first-order valence-electron chi connectivity index (χ1n) is 6.72. The molecule has 1 aliphatic heterocycles. The van der Waals surface area contributed by atoms with E-state index < -0.39 is 0 Å². The van der Waals surface area contributed by atoms with Crippen LogP contribution in [0.3, 0.4) is 0 Å². The molecule has 0 aromatic heterocycles. The molecule has 2 heteroatoms. The molecular formula is C15H24N2. The number of piperidine rings is 1. The second kappa shape index (κ2) is 6.18. The van der Waals surface area contributed by atoms with Crippen molar-refractivity contribution in [1.29, 1.82) is 0 Å². The van der Waals surface area contributed by atoms with Gasteiger partial charge in [0.05, 0.1) is 0 Å². The third-order valence-electron chi connectivity index (χ3n) is 4.04. The van der Waals surface area contributed by atoms with Crippen LogP contribution in [0, 0.1) is 5.92 Å². The Kier molecular flexibility index (Phi) is 4.57. The lowest BCUT2D eigenvalue weighted by Crippen LogP contribution is -2.40. The molecule has 1 atom stereocenters. The van der Waals surface area contributed by atoms with Crippen LogP contribution in [0.25, 0.3) is 0 Å². The van der Waals surface area contributed by atoms with E-state index in [4.69, 9.17) is 0 Å². The molecule has 0 spiro atoms. The van der Waals surface area contributed by atoms with Gasteiger partial charge >= 0.3 is 0 Å². The van der Waals surface area contributed by atoms with Crippen molar-refractivity contribution in [2.75, 3.05) is 20.1 Å². The normalized spacial score (nSPS) is 19.5.